The third-order valence-corrected chi connectivity index (χ3v) is 2.82. The van der Waals surface area contributed by atoms with Gasteiger partial charge < -0.3 is 15.0 Å². The summed E-state index contributed by atoms with van der Waals surface area (Å²) in [5.74, 6) is 1.20. The highest BCUT2D eigenvalue weighted by atomic mass is 19.1. The molecule has 20 heavy (non-hydrogen) atoms. The van der Waals surface area contributed by atoms with E-state index in [0.29, 0.717) is 23.0 Å². The van der Waals surface area contributed by atoms with Crippen LogP contribution in [0.1, 0.15) is 50.0 Å². The van der Waals surface area contributed by atoms with Crippen LogP contribution in [0.4, 0.5) is 4.39 Å². The summed E-state index contributed by atoms with van der Waals surface area (Å²) < 4.78 is 24.2. The third-order valence-electron chi connectivity index (χ3n) is 2.82. The maximum absolute atomic E-state index is 13.7. The van der Waals surface area contributed by atoms with Crippen molar-refractivity contribution in [3.05, 3.63) is 41.3 Å². The molecular formula is C14H18FN3O2. The molecule has 2 rings (SSSR count). The Morgan fingerprint density at radius 1 is 1.35 bits per heavy atom. The molecule has 0 radical (unpaired) electrons. The van der Waals surface area contributed by atoms with Crippen LogP contribution in [0.25, 0.3) is 0 Å². The lowest BCUT2D eigenvalue weighted by Gasteiger charge is -2.09. The molecule has 0 fully saturated rings. The summed E-state index contributed by atoms with van der Waals surface area (Å²) in [6, 6.07) is 4.23. The first-order valence-corrected chi connectivity index (χ1v) is 6.47. The Kier molecular flexibility index (Phi) is 4.34. The Hall–Kier alpha value is -1.95. The number of rotatable bonds is 5. The monoisotopic (exact) mass is 279 g/mol. The van der Waals surface area contributed by atoms with E-state index in [0.717, 1.165) is 0 Å². The predicted molar refractivity (Wildman–Crippen MR) is 71.7 cm³/mol. The van der Waals surface area contributed by atoms with Crippen molar-refractivity contribution in [3.63, 3.8) is 0 Å². The highest BCUT2D eigenvalue weighted by Crippen LogP contribution is 2.21. The quantitative estimate of drug-likeness (QED) is 0.910. The Morgan fingerprint density at radius 3 is 2.65 bits per heavy atom. The van der Waals surface area contributed by atoms with Gasteiger partial charge in [-0.3, -0.25) is 0 Å². The lowest BCUT2D eigenvalue weighted by molar-refractivity contribution is 0.241. The van der Waals surface area contributed by atoms with Crippen molar-refractivity contribution in [2.75, 3.05) is 0 Å². The molecule has 2 N–H and O–H groups in total. The number of aromatic nitrogens is 2. The zero-order valence-corrected chi connectivity index (χ0v) is 11.8. The van der Waals surface area contributed by atoms with Crippen LogP contribution < -0.4 is 10.5 Å². The van der Waals surface area contributed by atoms with Crippen molar-refractivity contribution in [2.24, 2.45) is 5.73 Å². The van der Waals surface area contributed by atoms with E-state index in [-0.39, 0.29) is 24.4 Å². The van der Waals surface area contributed by atoms with Crippen molar-refractivity contribution in [3.8, 4) is 5.75 Å². The summed E-state index contributed by atoms with van der Waals surface area (Å²) in [6.07, 6.45) is 0. The Balaban J connectivity index is 2.01. The van der Waals surface area contributed by atoms with Gasteiger partial charge >= 0.3 is 0 Å². The summed E-state index contributed by atoms with van der Waals surface area (Å²) in [7, 11) is 0. The van der Waals surface area contributed by atoms with Gasteiger partial charge in [-0.15, -0.1) is 0 Å². The van der Waals surface area contributed by atoms with E-state index in [1.807, 2.05) is 13.8 Å². The van der Waals surface area contributed by atoms with Crippen molar-refractivity contribution >= 4 is 0 Å². The van der Waals surface area contributed by atoms with E-state index >= 15 is 0 Å². The van der Waals surface area contributed by atoms with E-state index in [4.69, 9.17) is 15.0 Å². The fourth-order valence-corrected chi connectivity index (χ4v) is 1.67. The minimum atomic E-state index is -0.383. The van der Waals surface area contributed by atoms with Gasteiger partial charge in [-0.2, -0.15) is 4.98 Å². The first kappa shape index (κ1) is 14.5. The second-order valence-electron chi connectivity index (χ2n) is 4.96. The molecule has 1 aromatic heterocycles. The molecule has 2 aromatic rings. The van der Waals surface area contributed by atoms with Crippen LogP contribution in [0.2, 0.25) is 0 Å². The molecule has 5 nitrogen and oxygen atoms in total. The second-order valence-corrected chi connectivity index (χ2v) is 4.96. The number of ether oxygens (including phenoxy) is 1. The van der Waals surface area contributed by atoms with Crippen molar-refractivity contribution < 1.29 is 13.7 Å². The number of hydrogen-bond acceptors (Lipinski definition) is 5. The molecule has 0 aliphatic heterocycles. The Morgan fingerprint density at radius 2 is 2.10 bits per heavy atom. The first-order chi connectivity index (χ1) is 9.47. The van der Waals surface area contributed by atoms with Gasteiger partial charge in [0.05, 0.1) is 0 Å². The predicted octanol–water partition coefficient (Wildman–Crippen LogP) is 2.93. The fourth-order valence-electron chi connectivity index (χ4n) is 1.67. The van der Waals surface area contributed by atoms with Crippen LogP contribution in [0, 0.1) is 5.82 Å². The molecule has 1 atom stereocenters. The van der Waals surface area contributed by atoms with E-state index in [1.54, 1.807) is 19.1 Å². The van der Waals surface area contributed by atoms with Gasteiger partial charge in [0.2, 0.25) is 0 Å². The molecule has 1 aromatic carbocycles. The van der Waals surface area contributed by atoms with Crippen LogP contribution in [-0.4, -0.2) is 10.1 Å². The molecule has 0 saturated carbocycles. The molecule has 0 aliphatic rings. The van der Waals surface area contributed by atoms with Gasteiger partial charge in [0.25, 0.3) is 5.89 Å². The summed E-state index contributed by atoms with van der Waals surface area (Å²) in [5.41, 5.74) is 6.10. The topological polar surface area (TPSA) is 74.2 Å². The Labute approximate surface area is 116 Å². The third kappa shape index (κ3) is 3.33. The van der Waals surface area contributed by atoms with Crippen LogP contribution in [0.5, 0.6) is 5.75 Å². The van der Waals surface area contributed by atoms with Gasteiger partial charge in [-0.05, 0) is 13.0 Å². The SMILES string of the molecule is CC(C)c1noc(COc2ccc([C@@H](C)N)c(F)c2)n1. The highest BCUT2D eigenvalue weighted by Gasteiger charge is 2.11. The molecule has 0 amide bonds. The largest absolute Gasteiger partial charge is 0.484 e. The smallest absolute Gasteiger partial charge is 0.264 e. The fraction of sp³-hybridized carbons (Fsp3) is 0.429. The van der Waals surface area contributed by atoms with E-state index < -0.39 is 0 Å². The average molecular weight is 279 g/mol. The number of benzene rings is 1. The van der Waals surface area contributed by atoms with Crippen molar-refractivity contribution in [2.45, 2.75) is 39.3 Å². The van der Waals surface area contributed by atoms with Crippen LogP contribution in [-0.2, 0) is 6.61 Å². The van der Waals surface area contributed by atoms with Gasteiger partial charge in [0.15, 0.2) is 12.4 Å². The highest BCUT2D eigenvalue weighted by molar-refractivity contribution is 5.30. The summed E-state index contributed by atoms with van der Waals surface area (Å²) in [6.45, 7) is 5.77. The van der Waals surface area contributed by atoms with Crippen molar-refractivity contribution in [1.82, 2.24) is 10.1 Å². The second kappa shape index (κ2) is 6.00. The van der Waals surface area contributed by atoms with Gasteiger partial charge in [-0.1, -0.05) is 25.1 Å². The molecule has 0 bridgehead atoms. The number of halogens is 1. The van der Waals surface area contributed by atoms with E-state index in [9.17, 15) is 4.39 Å². The molecule has 0 aliphatic carbocycles. The molecule has 1 heterocycles. The van der Waals surface area contributed by atoms with E-state index in [1.165, 1.54) is 6.07 Å². The Bertz CT molecular complexity index is 582. The molecule has 108 valence electrons. The van der Waals surface area contributed by atoms with Gasteiger partial charge in [0.1, 0.15) is 11.6 Å². The standard InChI is InChI=1S/C14H18FN3O2/c1-8(2)14-17-13(20-18-14)7-19-10-4-5-11(9(3)16)12(15)6-10/h4-6,8-9H,7,16H2,1-3H3/t9-/m1/s1. The lowest BCUT2D eigenvalue weighted by Crippen LogP contribution is -2.07. The summed E-state index contributed by atoms with van der Waals surface area (Å²) in [5, 5.41) is 3.83. The molecular weight excluding hydrogens is 261 g/mol. The van der Waals surface area contributed by atoms with E-state index in [2.05, 4.69) is 10.1 Å². The molecule has 0 spiro atoms. The van der Waals surface area contributed by atoms with Gasteiger partial charge in [-0.25, -0.2) is 4.39 Å². The average Bonchev–Trinajstić information content (AvgIpc) is 2.85. The number of nitrogens with zero attached hydrogens (tertiary/aromatic N) is 2. The minimum absolute atomic E-state index is 0.108. The minimum Gasteiger partial charge on any atom is -0.484 e. The molecule has 0 saturated heterocycles. The number of hydrogen-bond donors (Lipinski definition) is 1. The van der Waals surface area contributed by atoms with Crippen LogP contribution >= 0.6 is 0 Å². The normalized spacial score (nSPS) is 12.7. The maximum atomic E-state index is 13.7. The number of nitrogens with two attached hydrogens (primary N) is 1. The van der Waals surface area contributed by atoms with Crippen LogP contribution in [0.15, 0.2) is 22.7 Å². The first-order valence-electron chi connectivity index (χ1n) is 6.47. The van der Waals surface area contributed by atoms with Crippen molar-refractivity contribution in [1.29, 1.82) is 0 Å². The lowest BCUT2D eigenvalue weighted by atomic mass is 10.1. The molecule has 0 unspecified atom stereocenters. The van der Waals surface area contributed by atoms with Crippen LogP contribution in [0.3, 0.4) is 0 Å². The zero-order valence-electron chi connectivity index (χ0n) is 11.8. The summed E-state index contributed by atoms with van der Waals surface area (Å²) >= 11 is 0. The molecule has 6 heteroatoms. The zero-order chi connectivity index (χ0) is 14.7. The summed E-state index contributed by atoms with van der Waals surface area (Å²) in [4.78, 5) is 4.18. The maximum Gasteiger partial charge on any atom is 0.264 e. The van der Waals surface area contributed by atoms with Gasteiger partial charge in [0, 0.05) is 23.6 Å².